The largest absolute Gasteiger partial charge is 0.467 e. The monoisotopic (exact) mass is 415 g/mol. The molecule has 0 unspecified atom stereocenters. The van der Waals surface area contributed by atoms with Crippen LogP contribution < -0.4 is 0 Å². The molecule has 0 saturated heterocycles. The van der Waals surface area contributed by atoms with Crippen LogP contribution in [0.1, 0.15) is 11.3 Å². The zero-order valence-corrected chi connectivity index (χ0v) is 16.5. The Labute approximate surface area is 171 Å². The Morgan fingerprint density at radius 2 is 1.67 bits per heavy atom. The molecule has 0 radical (unpaired) electrons. The maximum atomic E-state index is 6.39. The smallest absolute Gasteiger partial charge is 0.192 e. The van der Waals surface area contributed by atoms with Gasteiger partial charge in [0.2, 0.25) is 0 Å². The van der Waals surface area contributed by atoms with Gasteiger partial charge in [0.25, 0.3) is 0 Å². The highest BCUT2D eigenvalue weighted by Crippen LogP contribution is 2.32. The molecule has 7 heteroatoms. The Morgan fingerprint density at radius 1 is 0.889 bits per heavy atom. The van der Waals surface area contributed by atoms with Gasteiger partial charge in [0.1, 0.15) is 5.76 Å². The van der Waals surface area contributed by atoms with E-state index in [0.29, 0.717) is 23.1 Å². The Kier molecular flexibility index (Phi) is 5.53. The number of rotatable bonds is 6. The fourth-order valence-corrected chi connectivity index (χ4v) is 4.14. The predicted octanol–water partition coefficient (Wildman–Crippen LogP) is 6.19. The van der Waals surface area contributed by atoms with Crippen molar-refractivity contribution in [2.45, 2.75) is 17.5 Å². The van der Waals surface area contributed by atoms with Crippen molar-refractivity contribution >= 4 is 35.0 Å². The molecule has 0 aliphatic heterocycles. The molecule has 0 atom stereocenters. The van der Waals surface area contributed by atoms with Crippen LogP contribution in [0.4, 0.5) is 0 Å². The van der Waals surface area contributed by atoms with E-state index < -0.39 is 0 Å². The summed E-state index contributed by atoms with van der Waals surface area (Å²) < 4.78 is 7.54. The summed E-state index contributed by atoms with van der Waals surface area (Å²) in [5, 5.41) is 10.9. The van der Waals surface area contributed by atoms with Gasteiger partial charge in [0.05, 0.1) is 17.8 Å². The molecule has 4 rings (SSSR count). The third-order valence-electron chi connectivity index (χ3n) is 4.04. The van der Waals surface area contributed by atoms with E-state index in [0.717, 1.165) is 27.1 Å². The molecule has 4 nitrogen and oxygen atoms in total. The number of furan rings is 1. The van der Waals surface area contributed by atoms with Crippen molar-refractivity contribution in [1.82, 2.24) is 14.8 Å². The molecule has 0 fully saturated rings. The van der Waals surface area contributed by atoms with Gasteiger partial charge in [-0.1, -0.05) is 65.3 Å². The average molecular weight is 416 g/mol. The van der Waals surface area contributed by atoms with Crippen molar-refractivity contribution in [3.05, 3.63) is 88.3 Å². The van der Waals surface area contributed by atoms with Gasteiger partial charge < -0.3 is 4.42 Å². The second-order valence-electron chi connectivity index (χ2n) is 5.83. The minimum Gasteiger partial charge on any atom is -0.467 e. The number of hydrogen-bond donors (Lipinski definition) is 0. The molecule has 2 aromatic carbocycles. The SMILES string of the molecule is Clc1ccccc1CSc1nnc(-c2ccccc2Cl)n1Cc1ccco1. The first-order valence-electron chi connectivity index (χ1n) is 8.29. The lowest BCUT2D eigenvalue weighted by Crippen LogP contribution is -2.04. The van der Waals surface area contributed by atoms with E-state index in [4.69, 9.17) is 27.6 Å². The van der Waals surface area contributed by atoms with Crippen molar-refractivity contribution in [3.63, 3.8) is 0 Å². The number of thioether (sulfide) groups is 1. The van der Waals surface area contributed by atoms with E-state index >= 15 is 0 Å². The predicted molar refractivity (Wildman–Crippen MR) is 109 cm³/mol. The summed E-state index contributed by atoms with van der Waals surface area (Å²) in [6.07, 6.45) is 1.66. The van der Waals surface area contributed by atoms with E-state index in [2.05, 4.69) is 10.2 Å². The van der Waals surface area contributed by atoms with Crippen LogP contribution in [0.25, 0.3) is 11.4 Å². The molecule has 0 aliphatic carbocycles. The van der Waals surface area contributed by atoms with Crippen molar-refractivity contribution < 1.29 is 4.42 Å². The molecule has 0 bridgehead atoms. The Morgan fingerprint density at radius 3 is 2.41 bits per heavy atom. The maximum absolute atomic E-state index is 6.39. The fourth-order valence-electron chi connectivity index (χ4n) is 2.70. The summed E-state index contributed by atoms with van der Waals surface area (Å²) >= 11 is 14.2. The third kappa shape index (κ3) is 4.05. The van der Waals surface area contributed by atoms with Crippen LogP contribution in [0.5, 0.6) is 0 Å². The summed E-state index contributed by atoms with van der Waals surface area (Å²) in [5.41, 5.74) is 1.89. The maximum Gasteiger partial charge on any atom is 0.192 e. The molecule has 0 amide bonds. The van der Waals surface area contributed by atoms with E-state index in [1.165, 1.54) is 0 Å². The summed E-state index contributed by atoms with van der Waals surface area (Å²) in [4.78, 5) is 0. The van der Waals surface area contributed by atoms with Crippen LogP contribution in [0.15, 0.2) is 76.5 Å². The lowest BCUT2D eigenvalue weighted by molar-refractivity contribution is 0.485. The molecule has 0 aliphatic rings. The van der Waals surface area contributed by atoms with Gasteiger partial charge in [-0.05, 0) is 35.9 Å². The van der Waals surface area contributed by atoms with Gasteiger partial charge in [-0.3, -0.25) is 4.57 Å². The average Bonchev–Trinajstić information content (AvgIpc) is 3.32. The molecule has 0 saturated carbocycles. The zero-order chi connectivity index (χ0) is 18.6. The first-order valence-corrected chi connectivity index (χ1v) is 10.0. The Hall–Kier alpha value is -2.21. The molecule has 4 aromatic rings. The van der Waals surface area contributed by atoms with Gasteiger partial charge in [0.15, 0.2) is 11.0 Å². The van der Waals surface area contributed by atoms with Gasteiger partial charge >= 0.3 is 0 Å². The van der Waals surface area contributed by atoms with E-state index in [-0.39, 0.29) is 0 Å². The van der Waals surface area contributed by atoms with Crippen LogP contribution in [-0.4, -0.2) is 14.8 Å². The Bertz CT molecular complexity index is 1050. The fraction of sp³-hybridized carbons (Fsp3) is 0.100. The zero-order valence-electron chi connectivity index (χ0n) is 14.2. The van der Waals surface area contributed by atoms with E-state index in [1.807, 2.05) is 65.2 Å². The van der Waals surface area contributed by atoms with Gasteiger partial charge in [0, 0.05) is 16.3 Å². The minimum absolute atomic E-state index is 0.519. The summed E-state index contributed by atoms with van der Waals surface area (Å²) in [6, 6.07) is 19.2. The van der Waals surface area contributed by atoms with Crippen molar-refractivity contribution in [2.75, 3.05) is 0 Å². The summed E-state index contributed by atoms with van der Waals surface area (Å²) in [5.74, 6) is 2.22. The number of aromatic nitrogens is 3. The van der Waals surface area contributed by atoms with Crippen LogP contribution in [0.2, 0.25) is 10.0 Å². The Balaban J connectivity index is 1.69. The molecular weight excluding hydrogens is 401 g/mol. The lowest BCUT2D eigenvalue weighted by Gasteiger charge is -2.10. The topological polar surface area (TPSA) is 43.9 Å². The highest BCUT2D eigenvalue weighted by molar-refractivity contribution is 7.98. The molecule has 2 aromatic heterocycles. The second-order valence-corrected chi connectivity index (χ2v) is 7.59. The summed E-state index contributed by atoms with van der Waals surface area (Å²) in [6.45, 7) is 0.519. The number of benzene rings is 2. The molecule has 0 spiro atoms. The highest BCUT2D eigenvalue weighted by Gasteiger charge is 2.18. The number of nitrogens with zero attached hydrogens (tertiary/aromatic N) is 3. The van der Waals surface area contributed by atoms with Crippen LogP contribution in [0.3, 0.4) is 0 Å². The third-order valence-corrected chi connectivity index (χ3v) is 5.75. The molecule has 2 heterocycles. The molecule has 0 N–H and O–H groups in total. The van der Waals surface area contributed by atoms with Crippen molar-refractivity contribution in [3.8, 4) is 11.4 Å². The first kappa shape index (κ1) is 18.2. The van der Waals surface area contributed by atoms with Crippen molar-refractivity contribution in [1.29, 1.82) is 0 Å². The molecule has 136 valence electrons. The second kappa shape index (κ2) is 8.21. The van der Waals surface area contributed by atoms with Crippen molar-refractivity contribution in [2.24, 2.45) is 0 Å². The summed E-state index contributed by atoms with van der Waals surface area (Å²) in [7, 11) is 0. The van der Waals surface area contributed by atoms with Gasteiger partial charge in [-0.2, -0.15) is 0 Å². The highest BCUT2D eigenvalue weighted by atomic mass is 35.5. The molecule has 27 heavy (non-hydrogen) atoms. The first-order chi connectivity index (χ1) is 13.2. The van der Waals surface area contributed by atoms with Crippen LogP contribution in [0, 0.1) is 0 Å². The van der Waals surface area contributed by atoms with Gasteiger partial charge in [-0.15, -0.1) is 10.2 Å². The van der Waals surface area contributed by atoms with E-state index in [1.54, 1.807) is 18.0 Å². The van der Waals surface area contributed by atoms with Gasteiger partial charge in [-0.25, -0.2) is 0 Å². The number of hydrogen-bond acceptors (Lipinski definition) is 4. The normalized spacial score (nSPS) is 11.0. The van der Waals surface area contributed by atoms with Crippen LogP contribution in [-0.2, 0) is 12.3 Å². The lowest BCUT2D eigenvalue weighted by atomic mass is 10.2. The van der Waals surface area contributed by atoms with Crippen LogP contribution >= 0.6 is 35.0 Å². The number of halogens is 2. The van der Waals surface area contributed by atoms with E-state index in [9.17, 15) is 0 Å². The quantitative estimate of drug-likeness (QED) is 0.352. The minimum atomic E-state index is 0.519. The standard InChI is InChI=1S/C20H15Cl2N3OS/c21-17-9-3-1-6-14(17)13-27-20-24-23-19(16-8-2-4-10-18(16)22)25(20)12-15-7-5-11-26-15/h1-11H,12-13H2. The molecular formula is C20H15Cl2N3OS.